The molecule has 0 radical (unpaired) electrons. The maximum absolute atomic E-state index is 13.7. The van der Waals surface area contributed by atoms with Crippen molar-refractivity contribution in [1.29, 1.82) is 0 Å². The Kier molecular flexibility index (Phi) is 5.32. The number of hydrogen-bond acceptors (Lipinski definition) is 1. The van der Waals surface area contributed by atoms with Crippen LogP contribution in [0.2, 0.25) is 5.02 Å². The zero-order valence-electron chi connectivity index (χ0n) is 12.1. The molecule has 0 aromatic heterocycles. The van der Waals surface area contributed by atoms with Crippen LogP contribution in [0.15, 0.2) is 36.4 Å². The van der Waals surface area contributed by atoms with Crippen LogP contribution in [0.3, 0.4) is 0 Å². The number of anilines is 1. The maximum atomic E-state index is 13.7. The molecule has 0 bridgehead atoms. The standard InChI is InChI=1S/C16H15ClF2N2S/c1-9-3-5-12(8-14(9)17)21-16(22)20-10(2)13-6-4-11(18)7-15(13)19/h3-8,10H,1-2H3,(H2,20,21,22)/t10-/m0/s1. The summed E-state index contributed by atoms with van der Waals surface area (Å²) >= 11 is 11.2. The molecule has 0 aliphatic carbocycles. The summed E-state index contributed by atoms with van der Waals surface area (Å²) < 4.78 is 26.6. The summed E-state index contributed by atoms with van der Waals surface area (Å²) in [6.45, 7) is 3.65. The van der Waals surface area contributed by atoms with Gasteiger partial charge in [-0.3, -0.25) is 0 Å². The lowest BCUT2D eigenvalue weighted by molar-refractivity contribution is 0.554. The Balaban J connectivity index is 2.03. The monoisotopic (exact) mass is 340 g/mol. The van der Waals surface area contributed by atoms with Crippen molar-refractivity contribution in [2.75, 3.05) is 5.32 Å². The van der Waals surface area contributed by atoms with E-state index in [2.05, 4.69) is 10.6 Å². The van der Waals surface area contributed by atoms with Crippen molar-refractivity contribution in [3.63, 3.8) is 0 Å². The van der Waals surface area contributed by atoms with Crippen LogP contribution in [0.4, 0.5) is 14.5 Å². The Morgan fingerprint density at radius 1 is 1.18 bits per heavy atom. The topological polar surface area (TPSA) is 24.1 Å². The first-order valence-electron chi connectivity index (χ1n) is 6.65. The number of aryl methyl sites for hydroxylation is 1. The molecule has 0 saturated carbocycles. The third-order valence-corrected chi connectivity index (χ3v) is 3.83. The summed E-state index contributed by atoms with van der Waals surface area (Å²) in [6.07, 6.45) is 0. The minimum Gasteiger partial charge on any atom is -0.356 e. The van der Waals surface area contributed by atoms with Crippen LogP contribution in [0.5, 0.6) is 0 Å². The van der Waals surface area contributed by atoms with Crippen molar-refractivity contribution in [2.24, 2.45) is 0 Å². The SMILES string of the molecule is Cc1ccc(NC(=S)N[C@@H](C)c2ccc(F)cc2F)cc1Cl. The maximum Gasteiger partial charge on any atom is 0.171 e. The van der Waals surface area contributed by atoms with Gasteiger partial charge in [0.15, 0.2) is 5.11 Å². The van der Waals surface area contributed by atoms with E-state index in [1.54, 1.807) is 13.0 Å². The van der Waals surface area contributed by atoms with E-state index in [0.717, 1.165) is 17.3 Å². The molecule has 0 fully saturated rings. The number of hydrogen-bond donors (Lipinski definition) is 2. The average molecular weight is 341 g/mol. The molecule has 0 spiro atoms. The molecule has 6 heteroatoms. The quantitative estimate of drug-likeness (QED) is 0.771. The third-order valence-electron chi connectivity index (χ3n) is 3.21. The van der Waals surface area contributed by atoms with Gasteiger partial charge in [0.2, 0.25) is 0 Å². The Bertz CT molecular complexity index is 707. The van der Waals surface area contributed by atoms with Crippen LogP contribution in [0.25, 0.3) is 0 Å². The first-order chi connectivity index (χ1) is 10.4. The van der Waals surface area contributed by atoms with Gasteiger partial charge in [-0.25, -0.2) is 8.78 Å². The van der Waals surface area contributed by atoms with E-state index in [9.17, 15) is 8.78 Å². The molecule has 0 saturated heterocycles. The predicted molar refractivity (Wildman–Crippen MR) is 90.3 cm³/mol. The summed E-state index contributed by atoms with van der Waals surface area (Å²) in [4.78, 5) is 0. The first-order valence-corrected chi connectivity index (χ1v) is 7.44. The molecule has 22 heavy (non-hydrogen) atoms. The predicted octanol–water partition coefficient (Wildman–Crippen LogP) is 4.97. The zero-order valence-corrected chi connectivity index (χ0v) is 13.7. The molecule has 0 aliphatic rings. The minimum atomic E-state index is -0.610. The van der Waals surface area contributed by atoms with Crippen LogP contribution >= 0.6 is 23.8 Å². The summed E-state index contributed by atoms with van der Waals surface area (Å²) in [5, 5.41) is 6.89. The summed E-state index contributed by atoms with van der Waals surface area (Å²) in [5.74, 6) is -1.22. The molecule has 0 amide bonds. The smallest absolute Gasteiger partial charge is 0.171 e. The third kappa shape index (κ3) is 4.15. The second-order valence-corrected chi connectivity index (χ2v) is 5.77. The van der Waals surface area contributed by atoms with E-state index >= 15 is 0 Å². The molecular weight excluding hydrogens is 326 g/mol. The van der Waals surface area contributed by atoms with E-state index in [1.165, 1.54) is 12.1 Å². The fourth-order valence-corrected chi connectivity index (χ4v) is 2.44. The minimum absolute atomic E-state index is 0.330. The number of rotatable bonds is 3. The van der Waals surface area contributed by atoms with Crippen molar-refractivity contribution in [3.8, 4) is 0 Å². The second kappa shape index (κ2) is 7.03. The van der Waals surface area contributed by atoms with Gasteiger partial charge in [0.05, 0.1) is 6.04 Å². The Hall–Kier alpha value is -1.72. The highest BCUT2D eigenvalue weighted by Crippen LogP contribution is 2.21. The number of benzene rings is 2. The lowest BCUT2D eigenvalue weighted by Crippen LogP contribution is -2.31. The highest BCUT2D eigenvalue weighted by molar-refractivity contribution is 7.80. The molecule has 2 nitrogen and oxygen atoms in total. The summed E-state index contributed by atoms with van der Waals surface area (Å²) in [5.41, 5.74) is 2.04. The molecule has 0 heterocycles. The average Bonchev–Trinajstić information content (AvgIpc) is 2.42. The number of thiocarbonyl (C=S) groups is 1. The van der Waals surface area contributed by atoms with Crippen molar-refractivity contribution in [3.05, 3.63) is 64.2 Å². The van der Waals surface area contributed by atoms with Crippen molar-refractivity contribution in [1.82, 2.24) is 5.32 Å². The highest BCUT2D eigenvalue weighted by atomic mass is 35.5. The molecule has 2 aromatic carbocycles. The molecule has 2 rings (SSSR count). The fourth-order valence-electron chi connectivity index (χ4n) is 1.96. The van der Waals surface area contributed by atoms with E-state index in [-0.39, 0.29) is 0 Å². The largest absolute Gasteiger partial charge is 0.356 e. The van der Waals surface area contributed by atoms with E-state index in [1.807, 2.05) is 19.1 Å². The first kappa shape index (κ1) is 16.6. The van der Waals surface area contributed by atoms with Gasteiger partial charge < -0.3 is 10.6 Å². The Morgan fingerprint density at radius 2 is 1.91 bits per heavy atom. The lowest BCUT2D eigenvalue weighted by atomic mass is 10.1. The molecule has 0 unspecified atom stereocenters. The van der Waals surface area contributed by atoms with Gasteiger partial charge in [0.25, 0.3) is 0 Å². The normalized spacial score (nSPS) is 11.9. The van der Waals surface area contributed by atoms with Gasteiger partial charge in [-0.1, -0.05) is 23.7 Å². The van der Waals surface area contributed by atoms with Crippen molar-refractivity contribution < 1.29 is 8.78 Å². The van der Waals surface area contributed by atoms with Crippen LogP contribution in [0.1, 0.15) is 24.1 Å². The molecule has 116 valence electrons. The highest BCUT2D eigenvalue weighted by Gasteiger charge is 2.13. The zero-order chi connectivity index (χ0) is 16.3. The molecule has 2 aromatic rings. The van der Waals surface area contributed by atoms with Crippen molar-refractivity contribution >= 4 is 34.6 Å². The lowest BCUT2D eigenvalue weighted by Gasteiger charge is -2.18. The van der Waals surface area contributed by atoms with Crippen LogP contribution in [-0.2, 0) is 0 Å². The van der Waals surface area contributed by atoms with Gasteiger partial charge in [0, 0.05) is 22.3 Å². The van der Waals surface area contributed by atoms with Gasteiger partial charge in [-0.05, 0) is 49.8 Å². The van der Waals surface area contributed by atoms with Crippen LogP contribution in [-0.4, -0.2) is 5.11 Å². The van der Waals surface area contributed by atoms with Gasteiger partial charge in [-0.15, -0.1) is 0 Å². The molecule has 0 aliphatic heterocycles. The van der Waals surface area contributed by atoms with Crippen molar-refractivity contribution in [2.45, 2.75) is 19.9 Å². The molecular formula is C16H15ClF2N2S. The number of halogens is 3. The summed E-state index contributed by atoms with van der Waals surface area (Å²) in [7, 11) is 0. The fraction of sp³-hybridized carbons (Fsp3) is 0.188. The van der Waals surface area contributed by atoms with Gasteiger partial charge in [0.1, 0.15) is 11.6 Å². The number of nitrogens with one attached hydrogen (secondary N) is 2. The van der Waals surface area contributed by atoms with E-state index in [0.29, 0.717) is 15.7 Å². The Labute approximate surface area is 138 Å². The Morgan fingerprint density at radius 3 is 2.55 bits per heavy atom. The van der Waals surface area contributed by atoms with E-state index < -0.39 is 17.7 Å². The molecule has 2 N–H and O–H groups in total. The summed E-state index contributed by atoms with van der Waals surface area (Å²) in [6, 6.07) is 8.54. The van der Waals surface area contributed by atoms with E-state index in [4.69, 9.17) is 23.8 Å². The van der Waals surface area contributed by atoms with Gasteiger partial charge in [-0.2, -0.15) is 0 Å². The molecule has 1 atom stereocenters. The van der Waals surface area contributed by atoms with Crippen LogP contribution in [0, 0.1) is 18.6 Å². The second-order valence-electron chi connectivity index (χ2n) is 4.95. The van der Waals surface area contributed by atoms with Gasteiger partial charge >= 0.3 is 0 Å². The van der Waals surface area contributed by atoms with Crippen LogP contribution < -0.4 is 10.6 Å².